The molecule has 1 heterocycles. The largest absolute Gasteiger partial charge is 0.368 e. The summed E-state index contributed by atoms with van der Waals surface area (Å²) in [7, 11) is 0. The van der Waals surface area contributed by atoms with Crippen molar-refractivity contribution in [2.75, 3.05) is 31.1 Å². The van der Waals surface area contributed by atoms with Crippen molar-refractivity contribution >= 4 is 28.9 Å². The molecule has 2 nitrogen and oxygen atoms in total. The van der Waals surface area contributed by atoms with Gasteiger partial charge in [-0.3, -0.25) is 4.90 Å². The number of benzene rings is 1. The number of hydrogen-bond donors (Lipinski definition) is 0. The van der Waals surface area contributed by atoms with Crippen LogP contribution in [0, 0.1) is 0 Å². The minimum Gasteiger partial charge on any atom is -0.368 e. The van der Waals surface area contributed by atoms with Gasteiger partial charge in [0.25, 0.3) is 0 Å². The summed E-state index contributed by atoms with van der Waals surface area (Å²) >= 11 is 12.2. The van der Waals surface area contributed by atoms with E-state index in [1.54, 1.807) is 0 Å². The first-order chi connectivity index (χ1) is 8.67. The Morgan fingerprint density at radius 2 is 2.11 bits per heavy atom. The summed E-state index contributed by atoms with van der Waals surface area (Å²) in [5.74, 6) is 0.470. The Morgan fingerprint density at radius 3 is 2.72 bits per heavy atom. The van der Waals surface area contributed by atoms with E-state index in [0.717, 1.165) is 36.8 Å². The molecular formula is C14H20Cl2N2. The Balaban J connectivity index is 2.20. The van der Waals surface area contributed by atoms with Gasteiger partial charge in [0.05, 0.1) is 5.88 Å². The van der Waals surface area contributed by atoms with Crippen molar-refractivity contribution < 1.29 is 0 Å². The molecule has 2 rings (SSSR count). The summed E-state index contributed by atoms with van der Waals surface area (Å²) < 4.78 is 0. The van der Waals surface area contributed by atoms with Crippen LogP contribution >= 0.6 is 23.2 Å². The highest BCUT2D eigenvalue weighted by Crippen LogP contribution is 2.30. The highest BCUT2D eigenvalue weighted by molar-refractivity contribution is 6.32. The highest BCUT2D eigenvalue weighted by atomic mass is 35.5. The average Bonchev–Trinajstić information content (AvgIpc) is 2.38. The Hall–Kier alpha value is -0.440. The molecule has 0 saturated carbocycles. The molecule has 1 fully saturated rings. The van der Waals surface area contributed by atoms with Crippen molar-refractivity contribution in [1.82, 2.24) is 4.90 Å². The van der Waals surface area contributed by atoms with Crippen molar-refractivity contribution in [3.63, 3.8) is 0 Å². The number of rotatable bonds is 3. The molecule has 4 heteroatoms. The van der Waals surface area contributed by atoms with Crippen LogP contribution < -0.4 is 4.90 Å². The van der Waals surface area contributed by atoms with Crippen LogP contribution in [-0.2, 0) is 5.88 Å². The van der Waals surface area contributed by atoms with Crippen molar-refractivity contribution in [3.8, 4) is 0 Å². The minimum atomic E-state index is 0.470. The van der Waals surface area contributed by atoms with Gasteiger partial charge >= 0.3 is 0 Å². The van der Waals surface area contributed by atoms with E-state index in [9.17, 15) is 0 Å². The number of likely N-dealkylation sites (N-methyl/N-ethyl adjacent to an activating group) is 1. The molecule has 0 spiro atoms. The van der Waals surface area contributed by atoms with Crippen molar-refractivity contribution in [2.45, 2.75) is 25.8 Å². The van der Waals surface area contributed by atoms with Crippen molar-refractivity contribution in [2.24, 2.45) is 0 Å². The van der Waals surface area contributed by atoms with Gasteiger partial charge in [0.1, 0.15) is 0 Å². The quantitative estimate of drug-likeness (QED) is 0.784. The summed E-state index contributed by atoms with van der Waals surface area (Å²) in [5, 5.41) is 0.771. The molecule has 1 atom stereocenters. The van der Waals surface area contributed by atoms with Crippen LogP contribution in [0.4, 0.5) is 5.69 Å². The second kappa shape index (κ2) is 6.14. The third-order valence-corrected chi connectivity index (χ3v) is 4.36. The fourth-order valence-electron chi connectivity index (χ4n) is 2.66. The van der Waals surface area contributed by atoms with Crippen LogP contribution in [0.2, 0.25) is 5.02 Å². The van der Waals surface area contributed by atoms with Crippen molar-refractivity contribution in [3.05, 3.63) is 28.8 Å². The molecule has 0 aliphatic carbocycles. The second-order valence-corrected chi connectivity index (χ2v) is 5.47. The van der Waals surface area contributed by atoms with Gasteiger partial charge in [-0.15, -0.1) is 11.6 Å². The average molecular weight is 287 g/mol. The first-order valence-electron chi connectivity index (χ1n) is 6.49. The molecule has 1 unspecified atom stereocenters. The van der Waals surface area contributed by atoms with Gasteiger partial charge in [-0.2, -0.15) is 0 Å². The van der Waals surface area contributed by atoms with E-state index in [2.05, 4.69) is 29.7 Å². The summed E-state index contributed by atoms with van der Waals surface area (Å²) in [5.41, 5.74) is 2.25. The summed E-state index contributed by atoms with van der Waals surface area (Å²) in [6.45, 7) is 8.80. The summed E-state index contributed by atoms with van der Waals surface area (Å²) in [6, 6.07) is 6.61. The summed E-state index contributed by atoms with van der Waals surface area (Å²) in [6.07, 6.45) is 0. The van der Waals surface area contributed by atoms with E-state index >= 15 is 0 Å². The maximum atomic E-state index is 6.22. The lowest BCUT2D eigenvalue weighted by Gasteiger charge is -2.41. The number of alkyl halides is 1. The number of hydrogen-bond acceptors (Lipinski definition) is 2. The zero-order chi connectivity index (χ0) is 13.1. The lowest BCUT2D eigenvalue weighted by atomic mass is 10.1. The molecule has 1 aromatic carbocycles. The first kappa shape index (κ1) is 14.0. The van der Waals surface area contributed by atoms with Gasteiger partial charge < -0.3 is 4.90 Å². The van der Waals surface area contributed by atoms with E-state index in [1.807, 2.05) is 12.1 Å². The third kappa shape index (κ3) is 2.76. The van der Waals surface area contributed by atoms with E-state index < -0.39 is 0 Å². The van der Waals surface area contributed by atoms with Crippen LogP contribution in [0.15, 0.2) is 18.2 Å². The SMILES string of the molecule is CCN1CCN(c2cccc(Cl)c2CCl)CC1C. The molecule has 0 radical (unpaired) electrons. The number of nitrogens with zero attached hydrogens (tertiary/aromatic N) is 2. The molecule has 0 bridgehead atoms. The maximum Gasteiger partial charge on any atom is 0.0509 e. The fourth-order valence-corrected chi connectivity index (χ4v) is 3.25. The van der Waals surface area contributed by atoms with Gasteiger partial charge in [0.15, 0.2) is 0 Å². The van der Waals surface area contributed by atoms with Crippen LogP contribution in [0.3, 0.4) is 0 Å². The molecule has 18 heavy (non-hydrogen) atoms. The molecule has 1 aromatic rings. The number of piperazine rings is 1. The molecule has 1 aliphatic rings. The van der Waals surface area contributed by atoms with E-state index in [-0.39, 0.29) is 0 Å². The van der Waals surface area contributed by atoms with Crippen molar-refractivity contribution in [1.29, 1.82) is 0 Å². The predicted molar refractivity (Wildman–Crippen MR) is 79.9 cm³/mol. The van der Waals surface area contributed by atoms with Gasteiger partial charge in [0.2, 0.25) is 0 Å². The Morgan fingerprint density at radius 1 is 1.33 bits per heavy atom. The van der Waals surface area contributed by atoms with Gasteiger partial charge in [0, 0.05) is 41.9 Å². The molecule has 0 aromatic heterocycles. The predicted octanol–water partition coefficient (Wildman–Crippen LogP) is 3.61. The van der Waals surface area contributed by atoms with E-state index in [1.165, 1.54) is 5.69 Å². The molecular weight excluding hydrogens is 267 g/mol. The molecule has 1 saturated heterocycles. The monoisotopic (exact) mass is 286 g/mol. The normalized spacial score (nSPS) is 21.3. The van der Waals surface area contributed by atoms with Crippen LogP contribution in [0.5, 0.6) is 0 Å². The van der Waals surface area contributed by atoms with Gasteiger partial charge in [-0.1, -0.05) is 24.6 Å². The van der Waals surface area contributed by atoms with Crippen LogP contribution in [0.25, 0.3) is 0 Å². The summed E-state index contributed by atoms with van der Waals surface area (Å²) in [4.78, 5) is 4.90. The lowest BCUT2D eigenvalue weighted by Crippen LogP contribution is -2.51. The highest BCUT2D eigenvalue weighted by Gasteiger charge is 2.24. The zero-order valence-electron chi connectivity index (χ0n) is 11.0. The number of halogens is 2. The molecule has 100 valence electrons. The zero-order valence-corrected chi connectivity index (χ0v) is 12.5. The van der Waals surface area contributed by atoms with Crippen LogP contribution in [0.1, 0.15) is 19.4 Å². The Labute approximate surface area is 119 Å². The Bertz CT molecular complexity index is 409. The fraction of sp³-hybridized carbons (Fsp3) is 0.571. The first-order valence-corrected chi connectivity index (χ1v) is 7.41. The molecule has 0 N–H and O–H groups in total. The maximum absolute atomic E-state index is 6.22. The van der Waals surface area contributed by atoms with E-state index in [0.29, 0.717) is 11.9 Å². The van der Waals surface area contributed by atoms with Gasteiger partial charge in [-0.05, 0) is 25.6 Å². The van der Waals surface area contributed by atoms with E-state index in [4.69, 9.17) is 23.2 Å². The lowest BCUT2D eigenvalue weighted by molar-refractivity contribution is 0.199. The van der Waals surface area contributed by atoms with Crippen LogP contribution in [-0.4, -0.2) is 37.1 Å². The van der Waals surface area contributed by atoms with Gasteiger partial charge in [-0.25, -0.2) is 0 Å². The smallest absolute Gasteiger partial charge is 0.0509 e. The second-order valence-electron chi connectivity index (χ2n) is 4.79. The molecule has 1 aliphatic heterocycles. The topological polar surface area (TPSA) is 6.48 Å². The standard InChI is InChI=1S/C14H20Cl2N2/c1-3-17-7-8-18(10-11(17)2)14-6-4-5-13(16)12(14)9-15/h4-6,11H,3,7-10H2,1-2H3. The molecule has 0 amide bonds. The third-order valence-electron chi connectivity index (χ3n) is 3.74. The number of anilines is 1. The Kier molecular flexibility index (Phi) is 4.77. The minimum absolute atomic E-state index is 0.470.